The normalized spacial score (nSPS) is 16.7. The number of halogens is 1. The van der Waals surface area contributed by atoms with Crippen molar-refractivity contribution < 1.29 is 9.13 Å². The Morgan fingerprint density at radius 1 is 1.20 bits per heavy atom. The van der Waals surface area contributed by atoms with Crippen LogP contribution >= 0.6 is 0 Å². The van der Waals surface area contributed by atoms with Crippen LogP contribution in [0.1, 0.15) is 26.2 Å². The van der Waals surface area contributed by atoms with Crippen LogP contribution in [0.3, 0.4) is 0 Å². The van der Waals surface area contributed by atoms with Gasteiger partial charge in [-0.15, -0.1) is 0 Å². The summed E-state index contributed by atoms with van der Waals surface area (Å²) in [5, 5.41) is 0. The number of rotatable bonds is 5. The van der Waals surface area contributed by atoms with Crippen LogP contribution in [-0.2, 0) is 0 Å². The molecule has 5 heteroatoms. The van der Waals surface area contributed by atoms with E-state index in [1.807, 2.05) is 22.6 Å². The molecule has 1 saturated heterocycles. The molecule has 25 heavy (non-hydrogen) atoms. The molecule has 0 amide bonds. The Bertz CT molecular complexity index is 868. The van der Waals surface area contributed by atoms with E-state index in [2.05, 4.69) is 16.8 Å². The maximum Gasteiger partial charge on any atom is 0.150 e. The minimum Gasteiger partial charge on any atom is -0.491 e. The fourth-order valence-corrected chi connectivity index (χ4v) is 3.73. The molecule has 3 heterocycles. The zero-order valence-electron chi connectivity index (χ0n) is 14.6. The molecule has 0 N–H and O–H groups in total. The number of hydrogen-bond donors (Lipinski definition) is 0. The molecule has 0 unspecified atom stereocenters. The monoisotopic (exact) mass is 341 g/mol. The highest BCUT2D eigenvalue weighted by Crippen LogP contribution is 2.27. The molecule has 0 spiro atoms. The van der Waals surface area contributed by atoms with Gasteiger partial charge in [0.25, 0.3) is 0 Å². The Labute approximate surface area is 147 Å². The molecule has 1 fully saturated rings. The van der Waals surface area contributed by atoms with Crippen LogP contribution in [0.25, 0.3) is 16.6 Å². The van der Waals surface area contributed by atoms with Crippen molar-refractivity contribution in [2.45, 2.75) is 26.2 Å². The molecule has 1 aliphatic heterocycles. The Morgan fingerprint density at radius 3 is 2.84 bits per heavy atom. The molecule has 4 nitrogen and oxygen atoms in total. The van der Waals surface area contributed by atoms with Crippen LogP contribution in [0, 0.1) is 11.7 Å². The summed E-state index contributed by atoms with van der Waals surface area (Å²) in [7, 11) is 0. The van der Waals surface area contributed by atoms with Gasteiger partial charge in [-0.1, -0.05) is 13.0 Å². The van der Waals surface area contributed by atoms with Gasteiger partial charge in [0, 0.05) is 6.20 Å². The van der Waals surface area contributed by atoms with Gasteiger partial charge in [0.1, 0.15) is 22.6 Å². The summed E-state index contributed by atoms with van der Waals surface area (Å²) >= 11 is 0. The number of piperidine rings is 1. The number of benzene rings is 1. The van der Waals surface area contributed by atoms with E-state index < -0.39 is 0 Å². The van der Waals surface area contributed by atoms with Crippen molar-refractivity contribution in [3.05, 3.63) is 42.5 Å². The van der Waals surface area contributed by atoms with Crippen LogP contribution in [0.2, 0.25) is 0 Å². The first-order chi connectivity index (χ1) is 12.3. The second-order valence-corrected chi connectivity index (χ2v) is 6.90. The fourth-order valence-electron chi connectivity index (χ4n) is 3.73. The van der Waals surface area contributed by atoms with E-state index in [0.717, 1.165) is 23.4 Å². The largest absolute Gasteiger partial charge is 0.491 e. The first-order valence-corrected chi connectivity index (χ1v) is 9.15. The molecule has 0 saturated carbocycles. The Hall–Kier alpha value is -2.14. The molecule has 2 aromatic heterocycles. The van der Waals surface area contributed by atoms with Gasteiger partial charge in [-0.3, -0.25) is 0 Å². The van der Waals surface area contributed by atoms with E-state index in [-0.39, 0.29) is 5.82 Å². The van der Waals surface area contributed by atoms with E-state index in [0.29, 0.717) is 11.4 Å². The van der Waals surface area contributed by atoms with Crippen molar-refractivity contribution in [1.29, 1.82) is 0 Å². The number of para-hydroxylation sites is 1. The highest BCUT2D eigenvalue weighted by atomic mass is 19.1. The Morgan fingerprint density at radius 2 is 2.04 bits per heavy atom. The number of nitrogens with zero attached hydrogens (tertiary/aromatic N) is 3. The van der Waals surface area contributed by atoms with E-state index in [1.54, 1.807) is 12.4 Å². The summed E-state index contributed by atoms with van der Waals surface area (Å²) < 4.78 is 21.7. The van der Waals surface area contributed by atoms with Crippen LogP contribution in [0.15, 0.2) is 36.7 Å². The van der Waals surface area contributed by atoms with E-state index in [9.17, 15) is 4.39 Å². The fraction of sp³-hybridized carbons (Fsp3) is 0.450. The number of hydrogen-bond acceptors (Lipinski definition) is 3. The van der Waals surface area contributed by atoms with Gasteiger partial charge >= 0.3 is 0 Å². The predicted octanol–water partition coefficient (Wildman–Crippen LogP) is 4.13. The van der Waals surface area contributed by atoms with Gasteiger partial charge in [0.2, 0.25) is 0 Å². The highest BCUT2D eigenvalue weighted by Gasteiger charge is 2.19. The Balaban J connectivity index is 1.50. The lowest BCUT2D eigenvalue weighted by Gasteiger charge is -2.31. The van der Waals surface area contributed by atoms with Crippen LogP contribution < -0.4 is 4.74 Å². The smallest absolute Gasteiger partial charge is 0.150 e. The van der Waals surface area contributed by atoms with Crippen LogP contribution in [0.5, 0.6) is 5.75 Å². The number of ether oxygens (including phenoxy) is 1. The van der Waals surface area contributed by atoms with Crippen molar-refractivity contribution in [3.8, 4) is 5.75 Å². The zero-order valence-corrected chi connectivity index (χ0v) is 14.6. The maximum absolute atomic E-state index is 13.8. The topological polar surface area (TPSA) is 29.8 Å². The third-order valence-electron chi connectivity index (χ3n) is 5.15. The summed E-state index contributed by atoms with van der Waals surface area (Å²) in [5.74, 6) is 1.13. The summed E-state index contributed by atoms with van der Waals surface area (Å²) in [5.41, 5.74) is 2.15. The minimum atomic E-state index is -0.250. The average Bonchev–Trinajstić information content (AvgIpc) is 3.03. The van der Waals surface area contributed by atoms with E-state index in [1.165, 1.54) is 45.0 Å². The molecule has 1 aromatic carbocycles. The van der Waals surface area contributed by atoms with Gasteiger partial charge < -0.3 is 14.0 Å². The second kappa shape index (κ2) is 7.00. The SMILES string of the molecule is CCCN1CCC(COc2cccc3c2ncc2c(F)ccn23)CC1. The maximum atomic E-state index is 13.8. The molecule has 4 rings (SSSR count). The third-order valence-corrected chi connectivity index (χ3v) is 5.15. The Kier molecular flexibility index (Phi) is 4.57. The molecular formula is C20H24FN3O. The van der Waals surface area contributed by atoms with Gasteiger partial charge in [-0.25, -0.2) is 9.37 Å². The lowest BCUT2D eigenvalue weighted by molar-refractivity contribution is 0.142. The molecule has 1 aliphatic rings. The summed E-state index contributed by atoms with van der Waals surface area (Å²) in [6.45, 7) is 6.48. The average molecular weight is 341 g/mol. The zero-order chi connectivity index (χ0) is 17.2. The number of likely N-dealkylation sites (tertiary alicyclic amines) is 1. The van der Waals surface area contributed by atoms with Crippen molar-refractivity contribution in [2.24, 2.45) is 5.92 Å². The van der Waals surface area contributed by atoms with Crippen molar-refractivity contribution in [3.63, 3.8) is 0 Å². The summed E-state index contributed by atoms with van der Waals surface area (Å²) in [6.07, 6.45) is 6.91. The van der Waals surface area contributed by atoms with Gasteiger partial charge in [-0.05, 0) is 63.0 Å². The lowest BCUT2D eigenvalue weighted by Crippen LogP contribution is -2.35. The third kappa shape index (κ3) is 3.21. The molecular weight excluding hydrogens is 317 g/mol. The standard InChI is InChI=1S/C20H24FN3O/c1-2-9-23-10-6-15(7-11-23)14-25-19-5-3-4-17-20(19)22-13-18-16(21)8-12-24(17)18/h3-5,8,12-13,15H,2,6-7,9-11,14H2,1H3. The first kappa shape index (κ1) is 16.3. The van der Waals surface area contributed by atoms with Crippen molar-refractivity contribution in [2.75, 3.05) is 26.2 Å². The molecule has 0 radical (unpaired) electrons. The number of aromatic nitrogens is 2. The number of fused-ring (bicyclic) bond motifs is 3. The van der Waals surface area contributed by atoms with Gasteiger partial charge in [-0.2, -0.15) is 0 Å². The summed E-state index contributed by atoms with van der Waals surface area (Å²) in [4.78, 5) is 6.98. The van der Waals surface area contributed by atoms with Gasteiger partial charge in [0.15, 0.2) is 0 Å². The van der Waals surface area contributed by atoms with E-state index >= 15 is 0 Å². The molecule has 0 aliphatic carbocycles. The molecule has 132 valence electrons. The molecule has 0 atom stereocenters. The molecule has 3 aromatic rings. The van der Waals surface area contributed by atoms with Crippen LogP contribution in [0.4, 0.5) is 4.39 Å². The van der Waals surface area contributed by atoms with Crippen molar-refractivity contribution >= 4 is 16.6 Å². The quantitative estimate of drug-likeness (QED) is 0.699. The van der Waals surface area contributed by atoms with Crippen LogP contribution in [-0.4, -0.2) is 40.5 Å². The summed E-state index contributed by atoms with van der Waals surface area (Å²) in [6, 6.07) is 7.31. The minimum absolute atomic E-state index is 0.250. The predicted molar refractivity (Wildman–Crippen MR) is 97.6 cm³/mol. The lowest BCUT2D eigenvalue weighted by atomic mass is 9.98. The highest BCUT2D eigenvalue weighted by molar-refractivity contribution is 5.84. The first-order valence-electron chi connectivity index (χ1n) is 9.15. The molecule has 0 bridgehead atoms. The van der Waals surface area contributed by atoms with E-state index in [4.69, 9.17) is 4.74 Å². The second-order valence-electron chi connectivity index (χ2n) is 6.90. The van der Waals surface area contributed by atoms with Crippen molar-refractivity contribution in [1.82, 2.24) is 14.3 Å². The van der Waals surface area contributed by atoms with Gasteiger partial charge in [0.05, 0.1) is 18.3 Å².